The van der Waals surface area contributed by atoms with Gasteiger partial charge in [-0.1, -0.05) is 84.0 Å². The molecule has 0 aromatic heterocycles. The van der Waals surface area contributed by atoms with Crippen molar-refractivity contribution < 1.29 is 0 Å². The zero-order chi connectivity index (χ0) is 16.4. The Bertz CT molecular complexity index is 1090. The van der Waals surface area contributed by atoms with Crippen molar-refractivity contribution in [1.29, 1.82) is 0 Å². The first-order valence-electron chi connectivity index (χ1n) is 7.88. The van der Waals surface area contributed by atoms with Crippen LogP contribution in [-0.2, 0) is 6.54 Å². The third-order valence-corrected chi connectivity index (χ3v) is 4.38. The summed E-state index contributed by atoms with van der Waals surface area (Å²) in [5.74, 6) is 0. The van der Waals surface area contributed by atoms with Crippen LogP contribution in [0, 0.1) is 0 Å². The van der Waals surface area contributed by atoms with Crippen molar-refractivity contribution in [2.45, 2.75) is 6.54 Å². The van der Waals surface area contributed by atoms with Crippen molar-refractivity contribution in [3.63, 3.8) is 0 Å². The smallest absolute Gasteiger partial charge is 0.0517 e. The first-order valence-corrected chi connectivity index (χ1v) is 7.88. The number of fused-ring (bicyclic) bond motifs is 2. The van der Waals surface area contributed by atoms with Gasteiger partial charge in [0, 0.05) is 4.91 Å². The van der Waals surface area contributed by atoms with Crippen molar-refractivity contribution in [2.75, 3.05) is 0 Å². The Morgan fingerprint density at radius 2 is 1.38 bits per heavy atom. The molecule has 4 rings (SSSR count). The van der Waals surface area contributed by atoms with Gasteiger partial charge in [0.2, 0.25) is 0 Å². The number of hydrogen-bond acceptors (Lipinski definition) is 1. The van der Waals surface area contributed by atoms with Crippen molar-refractivity contribution in [3.05, 3.63) is 94.9 Å². The van der Waals surface area contributed by atoms with Gasteiger partial charge in [-0.2, -0.15) is 0 Å². The first kappa shape index (κ1) is 14.3. The lowest BCUT2D eigenvalue weighted by atomic mass is 9.90. The molecule has 0 amide bonds. The molecule has 0 unspecified atom stereocenters. The number of benzene rings is 4. The zero-order valence-corrected chi connectivity index (χ0v) is 13.1. The van der Waals surface area contributed by atoms with E-state index in [1.807, 2.05) is 12.1 Å². The minimum atomic E-state index is 0.347. The summed E-state index contributed by atoms with van der Waals surface area (Å²) in [6.07, 6.45) is 0. The Hall–Kier alpha value is -3.29. The highest BCUT2D eigenvalue weighted by atomic mass is 15.1. The molecule has 0 saturated heterocycles. The van der Waals surface area contributed by atoms with Crippen molar-refractivity contribution in [1.82, 2.24) is 0 Å². The summed E-state index contributed by atoms with van der Waals surface area (Å²) in [6, 6.07) is 27.2. The molecule has 0 atom stereocenters. The van der Waals surface area contributed by atoms with Gasteiger partial charge in [0.15, 0.2) is 0 Å². The molecule has 4 aromatic rings. The predicted octanol–water partition coefficient (Wildman–Crippen LogP) is 6.47. The predicted molar refractivity (Wildman–Crippen MR) is 99.7 cm³/mol. The highest BCUT2D eigenvalue weighted by molar-refractivity contribution is 6.06. The summed E-state index contributed by atoms with van der Waals surface area (Å²) in [6.45, 7) is 0.347. The van der Waals surface area contributed by atoms with Crippen LogP contribution < -0.4 is 0 Å². The van der Waals surface area contributed by atoms with E-state index in [1.165, 1.54) is 27.1 Å². The first-order chi connectivity index (χ1) is 11.9. The quantitative estimate of drug-likeness (QED) is 0.236. The fourth-order valence-corrected chi connectivity index (χ4v) is 3.32. The summed E-state index contributed by atoms with van der Waals surface area (Å²) in [5, 5.41) is 8.57. The fraction of sp³-hybridized carbons (Fsp3) is 0.0476. The van der Waals surface area contributed by atoms with Crippen LogP contribution >= 0.6 is 0 Å². The van der Waals surface area contributed by atoms with Crippen LogP contribution in [0.5, 0.6) is 0 Å². The van der Waals surface area contributed by atoms with Gasteiger partial charge in [-0.3, -0.25) is 0 Å². The minimum Gasteiger partial charge on any atom is -0.0893 e. The van der Waals surface area contributed by atoms with E-state index in [-0.39, 0.29) is 0 Å². The van der Waals surface area contributed by atoms with Crippen LogP contribution in [0.25, 0.3) is 43.1 Å². The van der Waals surface area contributed by atoms with Gasteiger partial charge in [-0.05, 0) is 43.8 Å². The summed E-state index contributed by atoms with van der Waals surface area (Å²) in [5.41, 5.74) is 12.1. The molecule has 3 nitrogen and oxygen atoms in total. The number of nitrogens with zero attached hydrogens (tertiary/aromatic N) is 3. The van der Waals surface area contributed by atoms with Gasteiger partial charge in [0.05, 0.1) is 6.54 Å². The van der Waals surface area contributed by atoms with Gasteiger partial charge >= 0.3 is 0 Å². The van der Waals surface area contributed by atoms with Crippen molar-refractivity contribution in [3.8, 4) is 11.1 Å². The van der Waals surface area contributed by atoms with E-state index in [2.05, 4.69) is 76.8 Å². The molecule has 0 fully saturated rings. The highest BCUT2D eigenvalue weighted by Crippen LogP contribution is 2.36. The monoisotopic (exact) mass is 309 g/mol. The van der Waals surface area contributed by atoms with Gasteiger partial charge in [0.25, 0.3) is 0 Å². The largest absolute Gasteiger partial charge is 0.0893 e. The van der Waals surface area contributed by atoms with E-state index in [0.717, 1.165) is 11.1 Å². The van der Waals surface area contributed by atoms with E-state index in [9.17, 15) is 0 Å². The van der Waals surface area contributed by atoms with E-state index >= 15 is 0 Å². The molecule has 4 aromatic carbocycles. The molecule has 0 N–H and O–H groups in total. The third kappa shape index (κ3) is 2.37. The minimum absolute atomic E-state index is 0.347. The lowest BCUT2D eigenvalue weighted by molar-refractivity contribution is 1.05. The second-order valence-electron chi connectivity index (χ2n) is 5.74. The molecular weight excluding hydrogens is 294 g/mol. The van der Waals surface area contributed by atoms with Crippen LogP contribution in [0.3, 0.4) is 0 Å². The number of rotatable bonds is 3. The second-order valence-corrected chi connectivity index (χ2v) is 5.74. The maximum absolute atomic E-state index is 8.73. The summed E-state index contributed by atoms with van der Waals surface area (Å²) in [7, 11) is 0. The van der Waals surface area contributed by atoms with Gasteiger partial charge in [-0.25, -0.2) is 0 Å². The molecule has 0 aliphatic heterocycles. The van der Waals surface area contributed by atoms with Crippen LogP contribution in [0.4, 0.5) is 0 Å². The van der Waals surface area contributed by atoms with E-state index in [1.54, 1.807) is 0 Å². The Morgan fingerprint density at radius 1 is 0.708 bits per heavy atom. The summed E-state index contributed by atoms with van der Waals surface area (Å²) < 4.78 is 0. The molecule has 0 aliphatic carbocycles. The van der Waals surface area contributed by atoms with Gasteiger partial charge in [-0.15, -0.1) is 0 Å². The lowest BCUT2D eigenvalue weighted by Gasteiger charge is -2.14. The van der Waals surface area contributed by atoms with Crippen molar-refractivity contribution >= 4 is 21.5 Å². The Labute approximate surface area is 139 Å². The maximum Gasteiger partial charge on any atom is 0.0517 e. The van der Waals surface area contributed by atoms with Crippen molar-refractivity contribution in [2.24, 2.45) is 5.11 Å². The van der Waals surface area contributed by atoms with E-state index < -0.39 is 0 Å². The highest BCUT2D eigenvalue weighted by Gasteiger charge is 2.12. The molecule has 0 heterocycles. The standard InChI is InChI=1S/C21H15N3/c22-24-23-14-17-13-12-16-7-2-4-10-19(16)21(17)20-11-5-8-15-6-1-3-9-18(15)20/h1-13H,14H2. The Morgan fingerprint density at radius 3 is 2.17 bits per heavy atom. The average Bonchev–Trinajstić information content (AvgIpc) is 2.65. The molecule has 24 heavy (non-hydrogen) atoms. The van der Waals surface area contributed by atoms with Crippen LogP contribution in [0.1, 0.15) is 5.56 Å². The maximum atomic E-state index is 8.73. The average molecular weight is 309 g/mol. The van der Waals surface area contributed by atoms with E-state index in [0.29, 0.717) is 6.54 Å². The molecular formula is C21H15N3. The SMILES string of the molecule is [N-]=[N+]=NCc1ccc2ccccc2c1-c1cccc2ccccc12. The van der Waals surface area contributed by atoms with Crippen LogP contribution in [0.2, 0.25) is 0 Å². The topological polar surface area (TPSA) is 48.8 Å². The fourth-order valence-electron chi connectivity index (χ4n) is 3.32. The number of azide groups is 1. The van der Waals surface area contributed by atoms with E-state index in [4.69, 9.17) is 5.53 Å². The second kappa shape index (κ2) is 6.07. The normalized spacial score (nSPS) is 10.7. The van der Waals surface area contributed by atoms with Gasteiger partial charge in [0.1, 0.15) is 0 Å². The zero-order valence-electron chi connectivity index (χ0n) is 13.1. The number of hydrogen-bond donors (Lipinski definition) is 0. The molecule has 114 valence electrons. The molecule has 0 aliphatic rings. The van der Waals surface area contributed by atoms with Crippen LogP contribution in [-0.4, -0.2) is 0 Å². The molecule has 0 bridgehead atoms. The van der Waals surface area contributed by atoms with Gasteiger partial charge < -0.3 is 0 Å². The Balaban J connectivity index is 2.11. The molecule has 0 saturated carbocycles. The Kier molecular flexibility index (Phi) is 3.62. The third-order valence-electron chi connectivity index (χ3n) is 4.38. The van der Waals surface area contributed by atoms with Crippen LogP contribution in [0.15, 0.2) is 84.0 Å². The summed E-state index contributed by atoms with van der Waals surface area (Å²) >= 11 is 0. The lowest BCUT2D eigenvalue weighted by Crippen LogP contribution is -1.91. The molecule has 0 radical (unpaired) electrons. The summed E-state index contributed by atoms with van der Waals surface area (Å²) in [4.78, 5) is 2.93. The molecule has 0 spiro atoms. The molecule has 3 heteroatoms.